The predicted octanol–water partition coefficient (Wildman–Crippen LogP) is -1.33. The van der Waals surface area contributed by atoms with Crippen LogP contribution in [0.1, 0.15) is 19.3 Å². The van der Waals surface area contributed by atoms with Gasteiger partial charge in [0.1, 0.15) is 6.10 Å². The van der Waals surface area contributed by atoms with Gasteiger partial charge in [-0.2, -0.15) is 12.6 Å². The number of carbonyl (C=O) groups is 2. The molecule has 0 aliphatic heterocycles. The molecule has 0 bridgehead atoms. The summed E-state index contributed by atoms with van der Waals surface area (Å²) < 4.78 is 0. The van der Waals surface area contributed by atoms with E-state index in [-0.39, 0.29) is 25.5 Å². The maximum Gasteiger partial charge on any atom is 0.249 e. The maximum absolute atomic E-state index is 11.6. The molecule has 7 heteroatoms. The lowest BCUT2D eigenvalue weighted by Gasteiger charge is -2.18. The molecule has 6 nitrogen and oxygen atoms in total. The molecular weight excluding hydrogens is 256 g/mol. The lowest BCUT2D eigenvalue weighted by Crippen LogP contribution is -2.43. The zero-order valence-corrected chi connectivity index (χ0v) is 11.1. The second-order valence-electron chi connectivity index (χ2n) is 4.54. The minimum atomic E-state index is -1.19. The average Bonchev–Trinajstić information content (AvgIpc) is 3.16. The van der Waals surface area contributed by atoms with E-state index in [0.29, 0.717) is 25.1 Å². The molecule has 18 heavy (non-hydrogen) atoms. The third kappa shape index (κ3) is 4.15. The number of thiol groups is 1. The largest absolute Gasteiger partial charge is 0.396 e. The van der Waals surface area contributed by atoms with E-state index in [9.17, 15) is 14.7 Å². The minimum absolute atomic E-state index is 0.165. The second-order valence-corrected chi connectivity index (χ2v) is 4.98. The van der Waals surface area contributed by atoms with E-state index >= 15 is 0 Å². The minimum Gasteiger partial charge on any atom is -0.396 e. The molecule has 0 saturated heterocycles. The lowest BCUT2D eigenvalue weighted by molar-refractivity contribution is -0.134. The zero-order valence-electron chi connectivity index (χ0n) is 10.2. The number of aliphatic hydroxyl groups excluding tert-OH is 2. The van der Waals surface area contributed by atoms with Gasteiger partial charge in [0.05, 0.1) is 6.61 Å². The third-order valence-electron chi connectivity index (χ3n) is 3.12. The fourth-order valence-electron chi connectivity index (χ4n) is 1.64. The first-order valence-corrected chi connectivity index (χ1v) is 6.63. The highest BCUT2D eigenvalue weighted by Gasteiger charge is 2.51. The Kier molecular flexibility index (Phi) is 5.90. The Balaban J connectivity index is 2.19. The Bertz CT molecular complexity index is 307. The topological polar surface area (TPSA) is 98.7 Å². The van der Waals surface area contributed by atoms with Crippen LogP contribution in [0.25, 0.3) is 0 Å². The van der Waals surface area contributed by atoms with Crippen molar-refractivity contribution < 1.29 is 19.8 Å². The number of carbonyl (C=O) groups excluding carboxylic acids is 2. The lowest BCUT2D eigenvalue weighted by atomic mass is 10.00. The molecule has 104 valence electrons. The standard InChI is InChI=1S/C11H20N2O4S/c14-7-11(2-3-11)9(16)10(17)13-4-1-8(15)12-5-6-18/h9,14,16,18H,1-7H2,(H,12,15)(H,13,17). The number of hydrogen-bond acceptors (Lipinski definition) is 5. The van der Waals surface area contributed by atoms with E-state index in [0.717, 1.165) is 0 Å². The highest BCUT2D eigenvalue weighted by Crippen LogP contribution is 2.48. The van der Waals surface area contributed by atoms with Crippen LogP contribution in [0.2, 0.25) is 0 Å². The average molecular weight is 276 g/mol. The van der Waals surface area contributed by atoms with E-state index in [4.69, 9.17) is 5.11 Å². The molecule has 1 aliphatic carbocycles. The van der Waals surface area contributed by atoms with Gasteiger partial charge >= 0.3 is 0 Å². The number of rotatable bonds is 8. The van der Waals surface area contributed by atoms with Gasteiger partial charge in [-0.05, 0) is 12.8 Å². The highest BCUT2D eigenvalue weighted by atomic mass is 32.1. The van der Waals surface area contributed by atoms with Crippen LogP contribution < -0.4 is 10.6 Å². The summed E-state index contributed by atoms with van der Waals surface area (Å²) in [6, 6.07) is 0. The summed E-state index contributed by atoms with van der Waals surface area (Å²) in [7, 11) is 0. The summed E-state index contributed by atoms with van der Waals surface area (Å²) in [5.74, 6) is -0.124. The van der Waals surface area contributed by atoms with Gasteiger partial charge in [0.2, 0.25) is 11.8 Å². The number of aliphatic hydroxyl groups is 2. The molecule has 1 saturated carbocycles. The summed E-state index contributed by atoms with van der Waals surface area (Å²) in [6.07, 6.45) is 0.280. The summed E-state index contributed by atoms with van der Waals surface area (Å²) >= 11 is 3.95. The van der Waals surface area contributed by atoms with E-state index in [1.165, 1.54) is 0 Å². The van der Waals surface area contributed by atoms with Crippen molar-refractivity contribution in [1.29, 1.82) is 0 Å². The fourth-order valence-corrected chi connectivity index (χ4v) is 1.75. The van der Waals surface area contributed by atoms with Gasteiger partial charge in [-0.15, -0.1) is 0 Å². The van der Waals surface area contributed by atoms with Gasteiger partial charge in [-0.1, -0.05) is 0 Å². The van der Waals surface area contributed by atoms with E-state index in [1.54, 1.807) is 0 Å². The van der Waals surface area contributed by atoms with Crippen molar-refractivity contribution in [2.45, 2.75) is 25.4 Å². The predicted molar refractivity (Wildman–Crippen MR) is 69.2 cm³/mol. The van der Waals surface area contributed by atoms with Gasteiger partial charge in [0, 0.05) is 30.7 Å². The second kappa shape index (κ2) is 6.96. The van der Waals surface area contributed by atoms with Crippen molar-refractivity contribution in [3.05, 3.63) is 0 Å². The fraction of sp³-hybridized carbons (Fsp3) is 0.818. The van der Waals surface area contributed by atoms with Gasteiger partial charge in [-0.3, -0.25) is 9.59 Å². The zero-order chi connectivity index (χ0) is 13.6. The van der Waals surface area contributed by atoms with Crippen LogP contribution in [0.15, 0.2) is 0 Å². The van der Waals surface area contributed by atoms with Crippen LogP contribution in [0.4, 0.5) is 0 Å². The van der Waals surface area contributed by atoms with Crippen LogP contribution in [0.3, 0.4) is 0 Å². The number of hydrogen-bond donors (Lipinski definition) is 5. The SMILES string of the molecule is O=C(CCNC(=O)C(O)C1(CO)CC1)NCCS. The molecule has 0 heterocycles. The number of nitrogens with one attached hydrogen (secondary N) is 2. The first-order chi connectivity index (χ1) is 8.55. The normalized spacial score (nSPS) is 17.9. The first-order valence-electron chi connectivity index (χ1n) is 6.00. The van der Waals surface area contributed by atoms with Crippen molar-refractivity contribution in [3.8, 4) is 0 Å². The quantitative estimate of drug-likeness (QED) is 0.355. The molecule has 0 aromatic rings. The Hall–Kier alpha value is -0.790. The van der Waals surface area contributed by atoms with Crippen molar-refractivity contribution in [2.24, 2.45) is 5.41 Å². The van der Waals surface area contributed by atoms with Crippen LogP contribution in [0, 0.1) is 5.41 Å². The van der Waals surface area contributed by atoms with Crippen LogP contribution in [0.5, 0.6) is 0 Å². The monoisotopic (exact) mass is 276 g/mol. The summed E-state index contributed by atoms with van der Waals surface area (Å²) in [5, 5.41) is 23.9. The highest BCUT2D eigenvalue weighted by molar-refractivity contribution is 7.80. The van der Waals surface area contributed by atoms with Crippen molar-refractivity contribution in [2.75, 3.05) is 25.4 Å². The molecule has 2 amide bonds. The molecule has 1 rings (SSSR count). The van der Waals surface area contributed by atoms with Gasteiger partial charge in [-0.25, -0.2) is 0 Å². The van der Waals surface area contributed by atoms with Crippen molar-refractivity contribution in [1.82, 2.24) is 10.6 Å². The molecule has 0 aromatic heterocycles. The van der Waals surface area contributed by atoms with Gasteiger partial charge in [0.25, 0.3) is 0 Å². The van der Waals surface area contributed by atoms with E-state index in [1.807, 2.05) is 0 Å². The van der Waals surface area contributed by atoms with Crippen LogP contribution in [-0.4, -0.2) is 53.6 Å². The van der Waals surface area contributed by atoms with Gasteiger partial charge < -0.3 is 20.8 Å². The molecule has 0 aromatic carbocycles. The smallest absolute Gasteiger partial charge is 0.249 e. The third-order valence-corrected chi connectivity index (χ3v) is 3.34. The van der Waals surface area contributed by atoms with Gasteiger partial charge in [0.15, 0.2) is 0 Å². The molecule has 0 spiro atoms. The first kappa shape index (κ1) is 15.3. The van der Waals surface area contributed by atoms with E-state index < -0.39 is 17.4 Å². The summed E-state index contributed by atoms with van der Waals surface area (Å²) in [6.45, 7) is 0.478. The van der Waals surface area contributed by atoms with Crippen molar-refractivity contribution >= 4 is 24.4 Å². The molecular formula is C11H20N2O4S. The molecule has 0 radical (unpaired) electrons. The van der Waals surface area contributed by atoms with E-state index in [2.05, 4.69) is 23.3 Å². The van der Waals surface area contributed by atoms with Crippen LogP contribution >= 0.6 is 12.6 Å². The van der Waals surface area contributed by atoms with Crippen LogP contribution in [-0.2, 0) is 9.59 Å². The molecule has 1 aliphatic rings. The Morgan fingerprint density at radius 3 is 2.44 bits per heavy atom. The molecule has 1 unspecified atom stereocenters. The Morgan fingerprint density at radius 2 is 1.94 bits per heavy atom. The number of amides is 2. The Labute approximate surface area is 112 Å². The summed E-state index contributed by atoms with van der Waals surface area (Å²) in [5.41, 5.74) is -0.654. The summed E-state index contributed by atoms with van der Waals surface area (Å²) in [4.78, 5) is 22.8. The van der Waals surface area contributed by atoms with Crippen molar-refractivity contribution in [3.63, 3.8) is 0 Å². The molecule has 4 N–H and O–H groups in total. The Morgan fingerprint density at radius 1 is 1.28 bits per heavy atom. The maximum atomic E-state index is 11.6. The molecule has 1 fully saturated rings. The molecule has 1 atom stereocenters.